The van der Waals surface area contributed by atoms with Crippen LogP contribution >= 0.6 is 15.9 Å². The van der Waals surface area contributed by atoms with Gasteiger partial charge >= 0.3 is 0 Å². The molecule has 1 heterocycles. The molecule has 0 fully saturated rings. The Labute approximate surface area is 98.8 Å². The van der Waals surface area contributed by atoms with Gasteiger partial charge in [0.1, 0.15) is 5.82 Å². The van der Waals surface area contributed by atoms with E-state index in [9.17, 15) is 0 Å². The summed E-state index contributed by atoms with van der Waals surface area (Å²) >= 11 is 3.43. The molecule has 1 rings (SSSR count). The number of aromatic nitrogens is 2. The summed E-state index contributed by atoms with van der Waals surface area (Å²) < 4.78 is 5.06. The van der Waals surface area contributed by atoms with E-state index in [0.717, 1.165) is 37.4 Å². The lowest BCUT2D eigenvalue weighted by atomic mass is 10.4. The van der Waals surface area contributed by atoms with Gasteiger partial charge in [-0.15, -0.1) is 0 Å². The molecule has 0 radical (unpaired) electrons. The van der Waals surface area contributed by atoms with Crippen molar-refractivity contribution >= 4 is 15.9 Å². The molecule has 0 saturated carbocycles. The maximum Gasteiger partial charge on any atom is 0.142 e. The van der Waals surface area contributed by atoms with Gasteiger partial charge in [0.15, 0.2) is 0 Å². The van der Waals surface area contributed by atoms with Crippen LogP contribution in [0.5, 0.6) is 0 Å². The number of alkyl halides is 1. The predicted molar refractivity (Wildman–Crippen MR) is 63.0 cm³/mol. The standard InChI is InChI=1S/C10H16BrN3O/c1-15-8-7-14(6-3-11)9-10-12-4-2-5-13-10/h2,4-5H,3,6-9H2,1H3. The number of halogens is 1. The molecule has 0 atom stereocenters. The Hall–Kier alpha value is -0.520. The van der Waals surface area contributed by atoms with Crippen LogP contribution < -0.4 is 0 Å². The van der Waals surface area contributed by atoms with E-state index in [1.165, 1.54) is 0 Å². The smallest absolute Gasteiger partial charge is 0.142 e. The molecule has 1 aromatic heterocycles. The lowest BCUT2D eigenvalue weighted by Gasteiger charge is -2.19. The van der Waals surface area contributed by atoms with Gasteiger partial charge in [-0.2, -0.15) is 0 Å². The SMILES string of the molecule is COCCN(CCBr)Cc1ncccn1. The molecule has 4 nitrogen and oxygen atoms in total. The Morgan fingerprint density at radius 3 is 2.67 bits per heavy atom. The van der Waals surface area contributed by atoms with Gasteiger partial charge in [0, 0.05) is 37.9 Å². The van der Waals surface area contributed by atoms with Gasteiger partial charge in [-0.25, -0.2) is 9.97 Å². The van der Waals surface area contributed by atoms with Crippen molar-refractivity contribution in [3.8, 4) is 0 Å². The fraction of sp³-hybridized carbons (Fsp3) is 0.600. The third-order valence-electron chi connectivity index (χ3n) is 2.00. The van der Waals surface area contributed by atoms with Crippen molar-refractivity contribution in [3.63, 3.8) is 0 Å². The van der Waals surface area contributed by atoms with Gasteiger partial charge in [0.05, 0.1) is 13.2 Å². The van der Waals surface area contributed by atoms with E-state index < -0.39 is 0 Å². The Morgan fingerprint density at radius 1 is 1.33 bits per heavy atom. The Kier molecular flexibility index (Phi) is 6.47. The summed E-state index contributed by atoms with van der Waals surface area (Å²) in [5.41, 5.74) is 0. The quantitative estimate of drug-likeness (QED) is 0.703. The molecule has 0 bridgehead atoms. The summed E-state index contributed by atoms with van der Waals surface area (Å²) in [7, 11) is 1.71. The van der Waals surface area contributed by atoms with Crippen LogP contribution in [0.25, 0.3) is 0 Å². The predicted octanol–water partition coefficient (Wildman–Crippen LogP) is 1.32. The van der Waals surface area contributed by atoms with Crippen molar-refractivity contribution in [2.24, 2.45) is 0 Å². The minimum absolute atomic E-state index is 0.736. The number of hydrogen-bond donors (Lipinski definition) is 0. The molecule has 0 saturated heterocycles. The summed E-state index contributed by atoms with van der Waals surface area (Å²) in [5.74, 6) is 0.856. The first-order chi connectivity index (χ1) is 7.36. The lowest BCUT2D eigenvalue weighted by molar-refractivity contribution is 0.146. The minimum Gasteiger partial charge on any atom is -0.383 e. The van der Waals surface area contributed by atoms with E-state index in [0.29, 0.717) is 0 Å². The highest BCUT2D eigenvalue weighted by atomic mass is 79.9. The highest BCUT2D eigenvalue weighted by molar-refractivity contribution is 9.09. The first-order valence-electron chi connectivity index (χ1n) is 4.90. The molecule has 0 aliphatic rings. The highest BCUT2D eigenvalue weighted by Gasteiger charge is 2.06. The molecule has 1 aromatic rings. The molecule has 0 unspecified atom stereocenters. The number of nitrogens with zero attached hydrogens (tertiary/aromatic N) is 3. The topological polar surface area (TPSA) is 38.2 Å². The number of hydrogen-bond acceptors (Lipinski definition) is 4. The maximum absolute atomic E-state index is 5.06. The van der Waals surface area contributed by atoms with Crippen molar-refractivity contribution in [2.45, 2.75) is 6.54 Å². The fourth-order valence-corrected chi connectivity index (χ4v) is 1.72. The van der Waals surface area contributed by atoms with Gasteiger partial charge in [0.25, 0.3) is 0 Å². The Bertz CT molecular complexity index is 258. The van der Waals surface area contributed by atoms with Gasteiger partial charge in [-0.05, 0) is 6.07 Å². The van der Waals surface area contributed by atoms with Crippen LogP contribution in [0, 0.1) is 0 Å². The molecule has 0 amide bonds. The average molecular weight is 274 g/mol. The van der Waals surface area contributed by atoms with Crippen molar-refractivity contribution in [1.82, 2.24) is 14.9 Å². The molecule has 15 heavy (non-hydrogen) atoms. The van der Waals surface area contributed by atoms with E-state index >= 15 is 0 Å². The Morgan fingerprint density at radius 2 is 2.07 bits per heavy atom. The van der Waals surface area contributed by atoms with E-state index in [-0.39, 0.29) is 0 Å². The van der Waals surface area contributed by atoms with Gasteiger partial charge in [-0.3, -0.25) is 4.90 Å². The second-order valence-corrected chi connectivity index (χ2v) is 3.92. The van der Waals surface area contributed by atoms with Gasteiger partial charge in [-0.1, -0.05) is 15.9 Å². The minimum atomic E-state index is 0.736. The van der Waals surface area contributed by atoms with Gasteiger partial charge in [0.2, 0.25) is 0 Å². The molecule has 84 valence electrons. The third-order valence-corrected chi connectivity index (χ3v) is 2.35. The molecule has 0 aliphatic heterocycles. The number of ether oxygens (including phenoxy) is 1. The van der Waals surface area contributed by atoms with Crippen molar-refractivity contribution < 1.29 is 4.74 Å². The molecule has 0 spiro atoms. The first-order valence-corrected chi connectivity index (χ1v) is 6.02. The zero-order valence-corrected chi connectivity index (χ0v) is 10.5. The fourth-order valence-electron chi connectivity index (χ4n) is 1.22. The zero-order valence-electron chi connectivity index (χ0n) is 8.90. The van der Waals surface area contributed by atoms with E-state index in [4.69, 9.17) is 4.74 Å². The van der Waals surface area contributed by atoms with E-state index in [1.807, 2.05) is 6.07 Å². The summed E-state index contributed by atoms with van der Waals surface area (Å²) in [6.07, 6.45) is 3.54. The number of methoxy groups -OCH3 is 1. The van der Waals surface area contributed by atoms with Crippen molar-refractivity contribution in [2.75, 3.05) is 32.1 Å². The van der Waals surface area contributed by atoms with E-state index in [1.54, 1.807) is 19.5 Å². The van der Waals surface area contributed by atoms with Gasteiger partial charge < -0.3 is 4.74 Å². The van der Waals surface area contributed by atoms with Crippen LogP contribution in [0.4, 0.5) is 0 Å². The van der Waals surface area contributed by atoms with Crippen molar-refractivity contribution in [1.29, 1.82) is 0 Å². The largest absolute Gasteiger partial charge is 0.383 e. The number of rotatable bonds is 7. The second-order valence-electron chi connectivity index (χ2n) is 3.12. The zero-order chi connectivity index (χ0) is 10.9. The summed E-state index contributed by atoms with van der Waals surface area (Å²) in [6.45, 7) is 3.39. The van der Waals surface area contributed by atoms with Crippen LogP contribution in [0.1, 0.15) is 5.82 Å². The second kappa shape index (κ2) is 7.73. The van der Waals surface area contributed by atoms with Crippen LogP contribution in [-0.2, 0) is 11.3 Å². The lowest BCUT2D eigenvalue weighted by Crippen LogP contribution is -2.29. The van der Waals surface area contributed by atoms with Crippen LogP contribution in [-0.4, -0.2) is 47.0 Å². The summed E-state index contributed by atoms with van der Waals surface area (Å²) in [5, 5.41) is 0.948. The van der Waals surface area contributed by atoms with Crippen molar-refractivity contribution in [3.05, 3.63) is 24.3 Å². The van der Waals surface area contributed by atoms with E-state index in [2.05, 4.69) is 30.8 Å². The first kappa shape index (κ1) is 12.5. The third kappa shape index (κ3) is 5.20. The molecular formula is C10H16BrN3O. The summed E-state index contributed by atoms with van der Waals surface area (Å²) in [4.78, 5) is 10.7. The van der Waals surface area contributed by atoms with Crippen LogP contribution in [0.15, 0.2) is 18.5 Å². The molecule has 0 N–H and O–H groups in total. The highest BCUT2D eigenvalue weighted by Crippen LogP contribution is 1.98. The maximum atomic E-state index is 5.06. The average Bonchev–Trinajstić information content (AvgIpc) is 2.28. The van der Waals surface area contributed by atoms with Crippen LogP contribution in [0.2, 0.25) is 0 Å². The normalized spacial score (nSPS) is 10.9. The molecule has 5 heteroatoms. The molecule has 0 aromatic carbocycles. The Balaban J connectivity index is 2.43. The van der Waals surface area contributed by atoms with Crippen LogP contribution in [0.3, 0.4) is 0 Å². The monoisotopic (exact) mass is 273 g/mol. The molecular weight excluding hydrogens is 258 g/mol. The summed E-state index contributed by atoms with van der Waals surface area (Å²) in [6, 6.07) is 1.83. The molecule has 0 aliphatic carbocycles.